The van der Waals surface area contributed by atoms with Crippen molar-refractivity contribution in [1.29, 1.82) is 0 Å². The lowest BCUT2D eigenvalue weighted by molar-refractivity contribution is 0.0982. The van der Waals surface area contributed by atoms with E-state index in [2.05, 4.69) is 4.98 Å². The number of hydrogen-bond donors (Lipinski definition) is 0. The molecular weight excluding hydrogens is 367 g/mol. The number of nitrogens with zero attached hydrogens (tertiary/aromatic N) is 2. The lowest BCUT2D eigenvalue weighted by Crippen LogP contribution is -2.35. The predicted molar refractivity (Wildman–Crippen MR) is 102 cm³/mol. The number of anilines is 1. The summed E-state index contributed by atoms with van der Waals surface area (Å²) in [6.07, 6.45) is 3.39. The van der Waals surface area contributed by atoms with Crippen LogP contribution >= 0.6 is 11.6 Å². The van der Waals surface area contributed by atoms with Gasteiger partial charge in [0.2, 0.25) is 5.88 Å². The molecule has 0 unspecified atom stereocenters. The summed E-state index contributed by atoms with van der Waals surface area (Å²) in [4.78, 5) is 19.2. The summed E-state index contributed by atoms with van der Waals surface area (Å²) in [7, 11) is 0. The Morgan fingerprint density at radius 1 is 1.15 bits per heavy atom. The standard InChI is InChI=1S/C21H16ClFN2O2/c22-17-13-15(9-10-18(17)23)27-20-16(7-3-11-24-20)21(26)25-12-4-6-14-5-1-2-8-19(14)25/h1-3,5,7-11,13H,4,6,12H2. The van der Waals surface area contributed by atoms with Gasteiger partial charge < -0.3 is 9.64 Å². The molecule has 0 radical (unpaired) electrons. The first-order valence-electron chi connectivity index (χ1n) is 8.61. The van der Waals surface area contributed by atoms with Gasteiger partial charge in [0.1, 0.15) is 17.1 Å². The molecule has 0 fully saturated rings. The van der Waals surface area contributed by atoms with Crippen LogP contribution in [0.5, 0.6) is 11.6 Å². The molecule has 4 rings (SSSR count). The first kappa shape index (κ1) is 17.5. The van der Waals surface area contributed by atoms with E-state index >= 15 is 0 Å². The van der Waals surface area contributed by atoms with Gasteiger partial charge in [-0.1, -0.05) is 29.8 Å². The summed E-state index contributed by atoms with van der Waals surface area (Å²) in [6.45, 7) is 0.632. The minimum absolute atomic E-state index is 0.0544. The Labute approximate surface area is 161 Å². The second-order valence-electron chi connectivity index (χ2n) is 6.22. The topological polar surface area (TPSA) is 42.4 Å². The van der Waals surface area contributed by atoms with Gasteiger partial charge in [-0.05, 0) is 48.7 Å². The molecule has 0 saturated heterocycles. The van der Waals surface area contributed by atoms with Crippen molar-refractivity contribution in [2.75, 3.05) is 11.4 Å². The summed E-state index contributed by atoms with van der Waals surface area (Å²) in [5.41, 5.74) is 2.40. The first-order chi connectivity index (χ1) is 13.1. The monoisotopic (exact) mass is 382 g/mol. The fraction of sp³-hybridized carbons (Fsp3) is 0.143. The van der Waals surface area contributed by atoms with Crippen LogP contribution in [0.3, 0.4) is 0 Å². The Bertz CT molecular complexity index is 1010. The zero-order chi connectivity index (χ0) is 18.8. The normalized spacial score (nSPS) is 13.2. The quantitative estimate of drug-likeness (QED) is 0.620. The van der Waals surface area contributed by atoms with Crippen molar-refractivity contribution in [2.45, 2.75) is 12.8 Å². The molecule has 0 N–H and O–H groups in total. The Kier molecular flexibility index (Phi) is 4.77. The second kappa shape index (κ2) is 7.37. The number of halogens is 2. The van der Waals surface area contributed by atoms with E-state index in [1.54, 1.807) is 23.2 Å². The molecule has 3 aromatic rings. The van der Waals surface area contributed by atoms with Crippen LogP contribution in [0.25, 0.3) is 0 Å². The zero-order valence-corrected chi connectivity index (χ0v) is 15.1. The molecule has 1 aromatic heterocycles. The molecule has 1 amide bonds. The number of aryl methyl sites for hydroxylation is 1. The Morgan fingerprint density at radius 3 is 2.85 bits per heavy atom. The van der Waals surface area contributed by atoms with E-state index in [0.717, 1.165) is 24.1 Å². The third kappa shape index (κ3) is 3.51. The number of hydrogen-bond acceptors (Lipinski definition) is 3. The molecule has 4 nitrogen and oxygen atoms in total. The number of carbonyl (C=O) groups is 1. The molecule has 1 aliphatic rings. The number of para-hydroxylation sites is 1. The molecule has 136 valence electrons. The lowest BCUT2D eigenvalue weighted by atomic mass is 10.0. The molecule has 1 aliphatic heterocycles. The highest BCUT2D eigenvalue weighted by Crippen LogP contribution is 2.31. The van der Waals surface area contributed by atoms with Gasteiger partial charge in [0.25, 0.3) is 5.91 Å². The summed E-state index contributed by atoms with van der Waals surface area (Å²) >= 11 is 5.81. The highest BCUT2D eigenvalue weighted by Gasteiger charge is 2.26. The van der Waals surface area contributed by atoms with E-state index in [1.165, 1.54) is 18.2 Å². The van der Waals surface area contributed by atoms with Gasteiger partial charge in [-0.2, -0.15) is 0 Å². The maximum absolute atomic E-state index is 13.4. The van der Waals surface area contributed by atoms with Crippen molar-refractivity contribution in [3.63, 3.8) is 0 Å². The van der Waals surface area contributed by atoms with Crippen LogP contribution in [0.1, 0.15) is 22.3 Å². The molecule has 2 aromatic carbocycles. The van der Waals surface area contributed by atoms with E-state index < -0.39 is 5.82 Å². The predicted octanol–water partition coefficient (Wildman–Crippen LogP) is 5.26. The highest BCUT2D eigenvalue weighted by atomic mass is 35.5. The van der Waals surface area contributed by atoms with Crippen molar-refractivity contribution >= 4 is 23.2 Å². The maximum Gasteiger partial charge on any atom is 0.263 e. The largest absolute Gasteiger partial charge is 0.438 e. The first-order valence-corrected chi connectivity index (χ1v) is 8.99. The number of ether oxygens (including phenoxy) is 1. The van der Waals surface area contributed by atoms with Crippen molar-refractivity contribution in [3.05, 3.63) is 82.8 Å². The second-order valence-corrected chi connectivity index (χ2v) is 6.63. The van der Waals surface area contributed by atoms with E-state index in [1.807, 2.05) is 24.3 Å². The third-order valence-corrected chi connectivity index (χ3v) is 4.75. The summed E-state index contributed by atoms with van der Waals surface area (Å²) < 4.78 is 19.1. The minimum atomic E-state index is -0.536. The SMILES string of the molecule is O=C(c1cccnc1Oc1ccc(F)c(Cl)c1)N1CCCc2ccccc21. The van der Waals surface area contributed by atoms with Crippen molar-refractivity contribution < 1.29 is 13.9 Å². The molecule has 0 bridgehead atoms. The van der Waals surface area contributed by atoms with Gasteiger partial charge >= 0.3 is 0 Å². The van der Waals surface area contributed by atoms with Gasteiger partial charge in [0, 0.05) is 24.5 Å². The lowest BCUT2D eigenvalue weighted by Gasteiger charge is -2.29. The molecule has 0 spiro atoms. The average Bonchev–Trinajstić information content (AvgIpc) is 2.70. The van der Waals surface area contributed by atoms with Gasteiger partial charge in [0.15, 0.2) is 0 Å². The zero-order valence-electron chi connectivity index (χ0n) is 14.4. The van der Waals surface area contributed by atoms with Crippen LogP contribution in [0.2, 0.25) is 5.02 Å². The highest BCUT2D eigenvalue weighted by molar-refractivity contribution is 6.30. The molecular formula is C21H16ClFN2O2. The number of fused-ring (bicyclic) bond motifs is 1. The average molecular weight is 383 g/mol. The molecule has 0 saturated carbocycles. The van der Waals surface area contributed by atoms with Crippen LogP contribution < -0.4 is 9.64 Å². The van der Waals surface area contributed by atoms with Gasteiger partial charge in [-0.25, -0.2) is 9.37 Å². The van der Waals surface area contributed by atoms with E-state index in [0.29, 0.717) is 17.9 Å². The molecule has 6 heteroatoms. The van der Waals surface area contributed by atoms with Crippen molar-refractivity contribution in [1.82, 2.24) is 4.98 Å². The van der Waals surface area contributed by atoms with E-state index in [9.17, 15) is 9.18 Å². The fourth-order valence-corrected chi connectivity index (χ4v) is 3.35. The molecule has 0 aliphatic carbocycles. The fourth-order valence-electron chi connectivity index (χ4n) is 3.18. The maximum atomic E-state index is 13.4. The molecule has 27 heavy (non-hydrogen) atoms. The number of amides is 1. The Hall–Kier alpha value is -2.92. The summed E-state index contributed by atoms with van der Waals surface area (Å²) in [6, 6.07) is 15.3. The summed E-state index contributed by atoms with van der Waals surface area (Å²) in [5, 5.41) is -0.0544. The van der Waals surface area contributed by atoms with Crippen LogP contribution in [-0.4, -0.2) is 17.4 Å². The van der Waals surface area contributed by atoms with E-state index in [4.69, 9.17) is 16.3 Å². The third-order valence-electron chi connectivity index (χ3n) is 4.46. The number of benzene rings is 2. The van der Waals surface area contributed by atoms with Gasteiger partial charge in [-0.15, -0.1) is 0 Å². The smallest absolute Gasteiger partial charge is 0.263 e. The van der Waals surface area contributed by atoms with Gasteiger partial charge in [-0.3, -0.25) is 4.79 Å². The minimum Gasteiger partial charge on any atom is -0.438 e. The van der Waals surface area contributed by atoms with E-state index in [-0.39, 0.29) is 16.8 Å². The van der Waals surface area contributed by atoms with Gasteiger partial charge in [0.05, 0.1) is 5.02 Å². The number of rotatable bonds is 3. The molecule has 2 heterocycles. The van der Waals surface area contributed by atoms with Crippen LogP contribution in [0.15, 0.2) is 60.8 Å². The number of pyridine rings is 1. The van der Waals surface area contributed by atoms with Crippen LogP contribution in [0.4, 0.5) is 10.1 Å². The summed E-state index contributed by atoms with van der Waals surface area (Å²) in [5.74, 6) is -0.244. The van der Waals surface area contributed by atoms with Crippen LogP contribution in [-0.2, 0) is 6.42 Å². The number of carbonyl (C=O) groups excluding carboxylic acids is 1. The Balaban J connectivity index is 1.67. The van der Waals surface area contributed by atoms with Crippen molar-refractivity contribution in [3.8, 4) is 11.6 Å². The Morgan fingerprint density at radius 2 is 2.00 bits per heavy atom. The van der Waals surface area contributed by atoms with Crippen LogP contribution in [0, 0.1) is 5.82 Å². The molecule has 0 atom stereocenters. The van der Waals surface area contributed by atoms with Crippen molar-refractivity contribution in [2.24, 2.45) is 0 Å². The number of aromatic nitrogens is 1.